The lowest BCUT2D eigenvalue weighted by molar-refractivity contribution is 0.324. The van der Waals surface area contributed by atoms with Crippen LogP contribution >= 0.6 is 0 Å². The first kappa shape index (κ1) is 18.6. The highest BCUT2D eigenvalue weighted by atomic mass is 16.5. The number of ether oxygens (including phenoxy) is 3. The Morgan fingerprint density at radius 1 is 1.04 bits per heavy atom. The first-order valence-corrected chi connectivity index (χ1v) is 8.08. The Hall–Kier alpha value is -2.77. The van der Waals surface area contributed by atoms with Gasteiger partial charge < -0.3 is 24.8 Å². The van der Waals surface area contributed by atoms with Gasteiger partial charge in [0.05, 0.1) is 27.5 Å². The second-order valence-electron chi connectivity index (χ2n) is 5.81. The van der Waals surface area contributed by atoms with Crippen LogP contribution in [0.2, 0.25) is 0 Å². The summed E-state index contributed by atoms with van der Waals surface area (Å²) in [5.74, 6) is 3.29. The highest BCUT2D eigenvalue weighted by molar-refractivity contribution is 5.65. The van der Waals surface area contributed by atoms with Gasteiger partial charge in [0.25, 0.3) is 0 Å². The number of benzene rings is 1. The Morgan fingerprint density at radius 2 is 1.72 bits per heavy atom. The summed E-state index contributed by atoms with van der Waals surface area (Å²) in [5, 5.41) is 14.3. The monoisotopic (exact) mass is 347 g/mol. The van der Waals surface area contributed by atoms with E-state index in [0.717, 1.165) is 13.0 Å². The van der Waals surface area contributed by atoms with E-state index in [1.807, 2.05) is 0 Å². The van der Waals surface area contributed by atoms with Crippen molar-refractivity contribution in [2.45, 2.75) is 20.3 Å². The van der Waals surface area contributed by atoms with Crippen molar-refractivity contribution < 1.29 is 14.2 Å². The van der Waals surface area contributed by atoms with Crippen LogP contribution in [0.1, 0.15) is 20.3 Å². The lowest BCUT2D eigenvalue weighted by Gasteiger charge is -2.14. The van der Waals surface area contributed by atoms with Crippen LogP contribution in [0.25, 0.3) is 0 Å². The molecule has 2 N–H and O–H groups in total. The first-order chi connectivity index (χ1) is 12.1. The van der Waals surface area contributed by atoms with E-state index in [1.165, 1.54) is 0 Å². The highest BCUT2D eigenvalue weighted by Gasteiger charge is 2.14. The Bertz CT molecular complexity index is 669. The van der Waals surface area contributed by atoms with E-state index in [0.29, 0.717) is 40.6 Å². The Balaban J connectivity index is 2.16. The van der Waals surface area contributed by atoms with Crippen molar-refractivity contribution in [3.05, 3.63) is 18.3 Å². The van der Waals surface area contributed by atoms with Gasteiger partial charge in [0.2, 0.25) is 11.7 Å². The molecule has 0 aliphatic carbocycles. The van der Waals surface area contributed by atoms with E-state index in [4.69, 9.17) is 14.2 Å². The standard InChI is InChI=1S/C17H25N5O3/c1-11(2)6-7-18-15-10-19-22-17(21-15)20-12-8-13(23-3)16(25-5)14(9-12)24-4/h8-11H,6-7H2,1-5H3,(H2,18,20,21,22). The van der Waals surface area contributed by atoms with E-state index in [9.17, 15) is 0 Å². The molecule has 8 nitrogen and oxygen atoms in total. The predicted molar refractivity (Wildman–Crippen MR) is 97.2 cm³/mol. The molecule has 25 heavy (non-hydrogen) atoms. The van der Waals surface area contributed by atoms with Crippen molar-refractivity contribution in [3.63, 3.8) is 0 Å². The second-order valence-corrected chi connectivity index (χ2v) is 5.81. The molecule has 8 heteroatoms. The molecule has 1 heterocycles. The van der Waals surface area contributed by atoms with Gasteiger partial charge in [0, 0.05) is 24.4 Å². The van der Waals surface area contributed by atoms with Crippen LogP contribution in [0.15, 0.2) is 18.3 Å². The van der Waals surface area contributed by atoms with Gasteiger partial charge in [-0.1, -0.05) is 13.8 Å². The molecule has 0 radical (unpaired) electrons. The normalized spacial score (nSPS) is 10.5. The molecule has 0 aliphatic heterocycles. The Labute approximate surface area is 147 Å². The minimum absolute atomic E-state index is 0.379. The van der Waals surface area contributed by atoms with Crippen molar-refractivity contribution in [3.8, 4) is 17.2 Å². The summed E-state index contributed by atoms with van der Waals surface area (Å²) >= 11 is 0. The highest BCUT2D eigenvalue weighted by Crippen LogP contribution is 2.40. The maximum atomic E-state index is 5.34. The third-order valence-corrected chi connectivity index (χ3v) is 3.51. The fourth-order valence-electron chi connectivity index (χ4n) is 2.21. The third-order valence-electron chi connectivity index (χ3n) is 3.51. The van der Waals surface area contributed by atoms with Gasteiger partial charge in [0.15, 0.2) is 17.3 Å². The minimum atomic E-state index is 0.379. The van der Waals surface area contributed by atoms with Crippen LogP contribution in [0.3, 0.4) is 0 Å². The zero-order valence-electron chi connectivity index (χ0n) is 15.3. The number of nitrogens with zero attached hydrogens (tertiary/aromatic N) is 3. The lowest BCUT2D eigenvalue weighted by atomic mass is 10.1. The quantitative estimate of drug-likeness (QED) is 0.715. The molecule has 0 aliphatic rings. The topological polar surface area (TPSA) is 90.4 Å². The molecule has 0 amide bonds. The van der Waals surface area contributed by atoms with Crippen LogP contribution in [-0.4, -0.2) is 43.1 Å². The van der Waals surface area contributed by atoms with Gasteiger partial charge in [-0.05, 0) is 12.3 Å². The molecule has 0 atom stereocenters. The molecule has 0 unspecified atom stereocenters. The van der Waals surface area contributed by atoms with Crippen molar-refractivity contribution >= 4 is 17.5 Å². The zero-order chi connectivity index (χ0) is 18.2. The number of nitrogens with one attached hydrogen (secondary N) is 2. The van der Waals surface area contributed by atoms with E-state index < -0.39 is 0 Å². The smallest absolute Gasteiger partial charge is 0.249 e. The molecule has 0 bridgehead atoms. The van der Waals surface area contributed by atoms with E-state index in [1.54, 1.807) is 39.7 Å². The van der Waals surface area contributed by atoms with Gasteiger partial charge in [-0.15, -0.1) is 5.10 Å². The van der Waals surface area contributed by atoms with Gasteiger partial charge in [-0.2, -0.15) is 10.1 Å². The number of hydrogen-bond donors (Lipinski definition) is 2. The summed E-state index contributed by atoms with van der Waals surface area (Å²) in [7, 11) is 4.70. The van der Waals surface area contributed by atoms with Crippen LogP contribution in [0.5, 0.6) is 17.2 Å². The summed E-state index contributed by atoms with van der Waals surface area (Å²) < 4.78 is 16.0. The van der Waals surface area contributed by atoms with Crippen LogP contribution in [-0.2, 0) is 0 Å². The average Bonchev–Trinajstić information content (AvgIpc) is 2.60. The summed E-state index contributed by atoms with van der Waals surface area (Å²) in [4.78, 5) is 4.41. The second kappa shape index (κ2) is 8.91. The fraction of sp³-hybridized carbons (Fsp3) is 0.471. The SMILES string of the molecule is COc1cc(Nc2nncc(NCCC(C)C)n2)cc(OC)c1OC. The van der Waals surface area contributed by atoms with E-state index >= 15 is 0 Å². The third kappa shape index (κ3) is 5.10. The van der Waals surface area contributed by atoms with Gasteiger partial charge in [-0.3, -0.25) is 0 Å². The van der Waals surface area contributed by atoms with E-state index in [2.05, 4.69) is 39.7 Å². The fourth-order valence-corrected chi connectivity index (χ4v) is 2.21. The average molecular weight is 347 g/mol. The molecule has 0 spiro atoms. The molecule has 2 rings (SSSR count). The summed E-state index contributed by atoms with van der Waals surface area (Å²) in [6, 6.07) is 3.56. The van der Waals surface area contributed by atoms with Crippen molar-refractivity contribution in [2.75, 3.05) is 38.5 Å². The summed E-state index contributed by atoms with van der Waals surface area (Å²) in [6.07, 6.45) is 2.65. The number of aromatic nitrogens is 3. The maximum absolute atomic E-state index is 5.34. The van der Waals surface area contributed by atoms with Gasteiger partial charge in [-0.25, -0.2) is 0 Å². The van der Waals surface area contributed by atoms with Crippen LogP contribution in [0.4, 0.5) is 17.5 Å². The largest absolute Gasteiger partial charge is 0.493 e. The Kier molecular flexibility index (Phi) is 6.62. The molecule has 2 aromatic rings. The lowest BCUT2D eigenvalue weighted by Crippen LogP contribution is -2.08. The molecule has 0 fully saturated rings. The molecule has 136 valence electrons. The molecule has 0 saturated carbocycles. The number of hydrogen-bond acceptors (Lipinski definition) is 8. The number of methoxy groups -OCH3 is 3. The van der Waals surface area contributed by atoms with Gasteiger partial charge in [0.1, 0.15) is 0 Å². The zero-order valence-corrected chi connectivity index (χ0v) is 15.3. The maximum Gasteiger partial charge on any atom is 0.249 e. The molecule has 1 aromatic carbocycles. The number of rotatable bonds is 9. The molecule has 0 saturated heterocycles. The Morgan fingerprint density at radius 3 is 2.28 bits per heavy atom. The van der Waals surface area contributed by atoms with Crippen molar-refractivity contribution in [1.82, 2.24) is 15.2 Å². The number of anilines is 3. The van der Waals surface area contributed by atoms with Crippen LogP contribution in [0, 0.1) is 5.92 Å². The summed E-state index contributed by atoms with van der Waals surface area (Å²) in [5.41, 5.74) is 0.704. The van der Waals surface area contributed by atoms with Crippen molar-refractivity contribution in [2.24, 2.45) is 5.92 Å². The first-order valence-electron chi connectivity index (χ1n) is 8.08. The minimum Gasteiger partial charge on any atom is -0.493 e. The molecular formula is C17H25N5O3. The molecule has 1 aromatic heterocycles. The predicted octanol–water partition coefficient (Wildman–Crippen LogP) is 3.10. The van der Waals surface area contributed by atoms with Crippen molar-refractivity contribution in [1.29, 1.82) is 0 Å². The van der Waals surface area contributed by atoms with Gasteiger partial charge >= 0.3 is 0 Å². The van der Waals surface area contributed by atoms with E-state index in [-0.39, 0.29) is 0 Å². The summed E-state index contributed by atoms with van der Waals surface area (Å²) in [6.45, 7) is 5.19. The van der Waals surface area contributed by atoms with Crippen LogP contribution < -0.4 is 24.8 Å². The molecular weight excluding hydrogens is 322 g/mol.